The average molecular weight is 212 g/mol. The highest BCUT2D eigenvalue weighted by molar-refractivity contribution is 5.74. The second-order valence-electron chi connectivity index (χ2n) is 3.72. The Morgan fingerprint density at radius 2 is 2.13 bits per heavy atom. The Hall–Kier alpha value is -1.33. The van der Waals surface area contributed by atoms with Gasteiger partial charge in [-0.1, -0.05) is 0 Å². The first-order chi connectivity index (χ1) is 6.93. The SMILES string of the molecule is Cc1ccc(C(C(N)C(=O)O)N(C)C)o1. The van der Waals surface area contributed by atoms with Gasteiger partial charge in [-0.15, -0.1) is 0 Å². The maximum Gasteiger partial charge on any atom is 0.322 e. The lowest BCUT2D eigenvalue weighted by Gasteiger charge is -2.25. The Balaban J connectivity index is 2.98. The van der Waals surface area contributed by atoms with E-state index in [0.29, 0.717) is 5.76 Å². The van der Waals surface area contributed by atoms with Gasteiger partial charge >= 0.3 is 5.97 Å². The highest BCUT2D eigenvalue weighted by Crippen LogP contribution is 2.23. The second-order valence-corrected chi connectivity index (χ2v) is 3.72. The fraction of sp³-hybridized carbons (Fsp3) is 0.500. The van der Waals surface area contributed by atoms with Crippen LogP contribution in [0.3, 0.4) is 0 Å². The van der Waals surface area contributed by atoms with Gasteiger partial charge in [-0.3, -0.25) is 9.69 Å². The number of aliphatic carboxylic acids is 1. The molecule has 0 aliphatic heterocycles. The summed E-state index contributed by atoms with van der Waals surface area (Å²) in [7, 11) is 3.54. The molecule has 1 heterocycles. The molecule has 0 amide bonds. The summed E-state index contributed by atoms with van der Waals surface area (Å²) in [6.07, 6.45) is 0. The van der Waals surface area contributed by atoms with Gasteiger partial charge in [-0.2, -0.15) is 0 Å². The summed E-state index contributed by atoms with van der Waals surface area (Å²) in [4.78, 5) is 12.6. The summed E-state index contributed by atoms with van der Waals surface area (Å²) in [5.74, 6) is 0.282. The average Bonchev–Trinajstić information content (AvgIpc) is 2.51. The van der Waals surface area contributed by atoms with Crippen LogP contribution in [0.25, 0.3) is 0 Å². The van der Waals surface area contributed by atoms with E-state index in [2.05, 4.69) is 0 Å². The van der Waals surface area contributed by atoms with Gasteiger partial charge in [0.1, 0.15) is 17.6 Å². The van der Waals surface area contributed by atoms with Gasteiger partial charge in [-0.25, -0.2) is 0 Å². The summed E-state index contributed by atoms with van der Waals surface area (Å²) in [6.45, 7) is 1.81. The van der Waals surface area contributed by atoms with Crippen LogP contribution < -0.4 is 5.73 Å². The number of nitrogens with two attached hydrogens (primary N) is 1. The van der Waals surface area contributed by atoms with Gasteiger partial charge in [0.05, 0.1) is 6.04 Å². The number of hydrogen-bond donors (Lipinski definition) is 2. The molecule has 1 rings (SSSR count). The van der Waals surface area contributed by atoms with Gasteiger partial charge in [0.2, 0.25) is 0 Å². The topological polar surface area (TPSA) is 79.7 Å². The molecule has 0 radical (unpaired) electrons. The minimum Gasteiger partial charge on any atom is -0.480 e. The maximum atomic E-state index is 10.8. The molecule has 0 aromatic carbocycles. The Labute approximate surface area is 88.5 Å². The first-order valence-corrected chi connectivity index (χ1v) is 4.64. The van der Waals surface area contributed by atoms with E-state index in [9.17, 15) is 4.79 Å². The van der Waals surface area contributed by atoms with E-state index < -0.39 is 18.1 Å². The minimum atomic E-state index is -1.04. The van der Waals surface area contributed by atoms with Crippen LogP contribution in [0.5, 0.6) is 0 Å². The van der Waals surface area contributed by atoms with Crippen molar-refractivity contribution in [2.24, 2.45) is 5.73 Å². The van der Waals surface area contributed by atoms with Crippen LogP contribution in [0, 0.1) is 6.92 Å². The van der Waals surface area contributed by atoms with Crippen molar-refractivity contribution in [2.75, 3.05) is 14.1 Å². The van der Waals surface area contributed by atoms with Crippen molar-refractivity contribution >= 4 is 5.97 Å². The zero-order valence-corrected chi connectivity index (χ0v) is 9.10. The number of nitrogens with zero attached hydrogens (tertiary/aromatic N) is 1. The molecule has 0 aliphatic rings. The van der Waals surface area contributed by atoms with Crippen LogP contribution >= 0.6 is 0 Å². The highest BCUT2D eigenvalue weighted by atomic mass is 16.4. The zero-order valence-electron chi connectivity index (χ0n) is 9.10. The van der Waals surface area contributed by atoms with Crippen LogP contribution in [-0.4, -0.2) is 36.1 Å². The number of furan rings is 1. The lowest BCUT2D eigenvalue weighted by Crippen LogP contribution is -2.42. The number of rotatable bonds is 4. The first kappa shape index (κ1) is 11.7. The van der Waals surface area contributed by atoms with Crippen LogP contribution in [0.4, 0.5) is 0 Å². The third-order valence-corrected chi connectivity index (χ3v) is 2.23. The molecule has 0 saturated carbocycles. The van der Waals surface area contributed by atoms with Gasteiger partial charge in [0.25, 0.3) is 0 Å². The van der Waals surface area contributed by atoms with E-state index in [4.69, 9.17) is 15.3 Å². The number of carbonyl (C=O) groups is 1. The van der Waals surface area contributed by atoms with Gasteiger partial charge in [-0.05, 0) is 33.2 Å². The molecule has 0 bridgehead atoms. The molecule has 3 N–H and O–H groups in total. The molecular weight excluding hydrogens is 196 g/mol. The van der Waals surface area contributed by atoms with E-state index in [1.165, 1.54) is 0 Å². The fourth-order valence-corrected chi connectivity index (χ4v) is 1.50. The molecule has 5 heteroatoms. The van der Waals surface area contributed by atoms with Crippen LogP contribution in [-0.2, 0) is 4.79 Å². The first-order valence-electron chi connectivity index (χ1n) is 4.64. The number of aryl methyl sites for hydroxylation is 1. The van der Waals surface area contributed by atoms with E-state index in [1.54, 1.807) is 31.1 Å². The van der Waals surface area contributed by atoms with Crippen molar-refractivity contribution in [2.45, 2.75) is 19.0 Å². The molecule has 0 aliphatic carbocycles. The van der Waals surface area contributed by atoms with Gasteiger partial charge in [0.15, 0.2) is 0 Å². The lowest BCUT2D eigenvalue weighted by molar-refractivity contribution is -0.140. The normalized spacial score (nSPS) is 15.3. The molecule has 5 nitrogen and oxygen atoms in total. The molecule has 84 valence electrons. The monoisotopic (exact) mass is 212 g/mol. The Morgan fingerprint density at radius 1 is 1.53 bits per heavy atom. The Morgan fingerprint density at radius 3 is 2.47 bits per heavy atom. The number of carboxylic acid groups (broad SMARTS) is 1. The third kappa shape index (κ3) is 2.57. The fourth-order valence-electron chi connectivity index (χ4n) is 1.50. The quantitative estimate of drug-likeness (QED) is 0.764. The summed E-state index contributed by atoms with van der Waals surface area (Å²) in [5.41, 5.74) is 5.60. The molecule has 15 heavy (non-hydrogen) atoms. The highest BCUT2D eigenvalue weighted by Gasteiger charge is 2.29. The maximum absolute atomic E-state index is 10.8. The molecule has 1 aromatic heterocycles. The summed E-state index contributed by atoms with van der Waals surface area (Å²) >= 11 is 0. The summed E-state index contributed by atoms with van der Waals surface area (Å²) in [5, 5.41) is 8.88. The van der Waals surface area contributed by atoms with Crippen molar-refractivity contribution in [3.05, 3.63) is 23.7 Å². The summed E-state index contributed by atoms with van der Waals surface area (Å²) in [6, 6.07) is 2.10. The van der Waals surface area contributed by atoms with E-state index in [1.807, 2.05) is 6.92 Å². The molecule has 2 unspecified atom stereocenters. The molecule has 0 saturated heterocycles. The predicted molar refractivity (Wildman–Crippen MR) is 55.5 cm³/mol. The number of carboxylic acids is 1. The van der Waals surface area contributed by atoms with Crippen molar-refractivity contribution in [1.82, 2.24) is 4.90 Å². The van der Waals surface area contributed by atoms with Gasteiger partial charge in [0, 0.05) is 0 Å². The molecule has 0 spiro atoms. The molecule has 2 atom stereocenters. The predicted octanol–water partition coefficient (Wildman–Crippen LogP) is 0.603. The van der Waals surface area contributed by atoms with Gasteiger partial charge < -0.3 is 15.3 Å². The largest absolute Gasteiger partial charge is 0.480 e. The van der Waals surface area contributed by atoms with Crippen molar-refractivity contribution in [3.63, 3.8) is 0 Å². The third-order valence-electron chi connectivity index (χ3n) is 2.23. The van der Waals surface area contributed by atoms with Crippen LogP contribution in [0.2, 0.25) is 0 Å². The second kappa shape index (κ2) is 4.46. The molecule has 0 fully saturated rings. The number of hydrogen-bond acceptors (Lipinski definition) is 4. The molecule has 1 aromatic rings. The lowest BCUT2D eigenvalue weighted by atomic mass is 10.1. The van der Waals surface area contributed by atoms with Crippen molar-refractivity contribution < 1.29 is 14.3 Å². The van der Waals surface area contributed by atoms with E-state index >= 15 is 0 Å². The summed E-state index contributed by atoms with van der Waals surface area (Å²) < 4.78 is 5.39. The van der Waals surface area contributed by atoms with Crippen LogP contribution in [0.15, 0.2) is 16.5 Å². The van der Waals surface area contributed by atoms with Crippen molar-refractivity contribution in [1.29, 1.82) is 0 Å². The standard InChI is InChI=1S/C10H16N2O3/c1-6-4-5-7(15-6)9(12(2)3)8(11)10(13)14/h4-5,8-9H,11H2,1-3H3,(H,13,14). The zero-order chi connectivity index (χ0) is 11.6. The van der Waals surface area contributed by atoms with Crippen LogP contribution in [0.1, 0.15) is 17.6 Å². The van der Waals surface area contributed by atoms with Crippen molar-refractivity contribution in [3.8, 4) is 0 Å². The van der Waals surface area contributed by atoms with E-state index in [-0.39, 0.29) is 0 Å². The Bertz CT molecular complexity index is 346. The smallest absolute Gasteiger partial charge is 0.322 e. The Kier molecular flexibility index (Phi) is 3.49. The minimum absolute atomic E-state index is 0.448. The van der Waals surface area contributed by atoms with E-state index in [0.717, 1.165) is 5.76 Å². The number of likely N-dealkylation sites (N-methyl/N-ethyl adjacent to an activating group) is 1. The molecular formula is C10H16N2O3.